The molecule has 0 N–H and O–H groups in total. The molecule has 3 aromatic rings. The number of rotatable bonds is 1. The molecule has 4 rings (SSSR count). The summed E-state index contributed by atoms with van der Waals surface area (Å²) in [5, 5.41) is 0. The summed E-state index contributed by atoms with van der Waals surface area (Å²) in [5.41, 5.74) is 11.0. The van der Waals surface area contributed by atoms with Crippen molar-refractivity contribution in [1.29, 1.82) is 0 Å². The van der Waals surface area contributed by atoms with Crippen LogP contribution in [-0.2, 0) is 6.42 Å². The Morgan fingerprint density at radius 3 is 2.19 bits per heavy atom. The van der Waals surface area contributed by atoms with Crippen LogP contribution >= 0.6 is 0 Å². The number of benzene rings is 3. The van der Waals surface area contributed by atoms with Crippen molar-refractivity contribution in [1.82, 2.24) is 0 Å². The van der Waals surface area contributed by atoms with Gasteiger partial charge in [0.1, 0.15) is 0 Å². The predicted molar refractivity (Wildman–Crippen MR) is 89.6 cm³/mol. The summed E-state index contributed by atoms with van der Waals surface area (Å²) in [5.74, 6) is 0. The van der Waals surface area contributed by atoms with E-state index in [0.717, 1.165) is 6.42 Å². The maximum absolute atomic E-state index is 2.35. The minimum absolute atomic E-state index is 1.07. The third kappa shape index (κ3) is 1.99. The zero-order valence-electron chi connectivity index (χ0n) is 12.5. The normalized spacial score (nSPS) is 12.1. The first kappa shape index (κ1) is 12.4. The molecule has 0 amide bonds. The molecule has 0 fully saturated rings. The minimum atomic E-state index is 1.07. The minimum Gasteiger partial charge on any atom is -0.0619 e. The van der Waals surface area contributed by atoms with E-state index in [9.17, 15) is 0 Å². The third-order valence-electron chi connectivity index (χ3n) is 4.64. The van der Waals surface area contributed by atoms with Crippen molar-refractivity contribution in [3.8, 4) is 22.3 Å². The summed E-state index contributed by atoms with van der Waals surface area (Å²) in [6.07, 6.45) is 1.07. The Kier molecular flexibility index (Phi) is 2.71. The number of hydrogen-bond donors (Lipinski definition) is 0. The summed E-state index contributed by atoms with van der Waals surface area (Å²) in [7, 11) is 0. The van der Waals surface area contributed by atoms with Crippen LogP contribution in [0, 0.1) is 13.8 Å². The maximum Gasteiger partial charge on any atom is -0.00134 e. The van der Waals surface area contributed by atoms with E-state index in [-0.39, 0.29) is 0 Å². The van der Waals surface area contributed by atoms with Crippen LogP contribution in [0.5, 0.6) is 0 Å². The molecule has 0 atom stereocenters. The second kappa shape index (κ2) is 4.60. The summed E-state index contributed by atoms with van der Waals surface area (Å²) in [6, 6.07) is 22.4. The average Bonchev–Trinajstić information content (AvgIpc) is 2.88. The quantitative estimate of drug-likeness (QED) is 0.426. The van der Waals surface area contributed by atoms with Gasteiger partial charge < -0.3 is 0 Å². The van der Waals surface area contributed by atoms with E-state index in [0.29, 0.717) is 0 Å². The number of aryl methyl sites for hydroxylation is 2. The van der Waals surface area contributed by atoms with Gasteiger partial charge in [0.25, 0.3) is 0 Å². The molecule has 0 saturated carbocycles. The molecule has 21 heavy (non-hydrogen) atoms. The summed E-state index contributed by atoms with van der Waals surface area (Å²) in [6.45, 7) is 4.35. The van der Waals surface area contributed by atoms with Gasteiger partial charge in [0.15, 0.2) is 0 Å². The lowest BCUT2D eigenvalue weighted by Crippen LogP contribution is -1.86. The Bertz CT molecular complexity index is 840. The standard InChI is InChI=1S/C21H18/c1-14-7-8-16(11-15(14)2)17-9-10-19-12-18-5-3-4-6-20(18)21(19)13-17/h3-11,13H,12H2,1-2H3. The van der Waals surface area contributed by atoms with E-state index in [1.54, 1.807) is 0 Å². The SMILES string of the molecule is Cc1ccc(-c2ccc3c(c2)-c2ccccc2C3)cc1C. The van der Waals surface area contributed by atoms with E-state index < -0.39 is 0 Å². The Morgan fingerprint density at radius 1 is 0.619 bits per heavy atom. The van der Waals surface area contributed by atoms with E-state index in [2.05, 4.69) is 74.5 Å². The molecule has 102 valence electrons. The summed E-state index contributed by atoms with van der Waals surface area (Å²) < 4.78 is 0. The molecule has 0 aliphatic heterocycles. The van der Waals surface area contributed by atoms with Crippen LogP contribution in [0.4, 0.5) is 0 Å². The largest absolute Gasteiger partial charge is 0.0619 e. The molecule has 0 nitrogen and oxygen atoms in total. The van der Waals surface area contributed by atoms with Crippen molar-refractivity contribution in [2.24, 2.45) is 0 Å². The van der Waals surface area contributed by atoms with Crippen molar-refractivity contribution in [2.45, 2.75) is 20.3 Å². The summed E-state index contributed by atoms with van der Waals surface area (Å²) >= 11 is 0. The maximum atomic E-state index is 2.35. The molecule has 1 aliphatic carbocycles. The molecule has 0 heteroatoms. The van der Waals surface area contributed by atoms with Gasteiger partial charge in [0.2, 0.25) is 0 Å². The fraction of sp³-hybridized carbons (Fsp3) is 0.143. The van der Waals surface area contributed by atoms with Gasteiger partial charge in [-0.15, -0.1) is 0 Å². The molecular weight excluding hydrogens is 252 g/mol. The van der Waals surface area contributed by atoms with Crippen LogP contribution < -0.4 is 0 Å². The van der Waals surface area contributed by atoms with Gasteiger partial charge in [-0.2, -0.15) is 0 Å². The van der Waals surface area contributed by atoms with E-state index in [1.165, 1.54) is 44.5 Å². The van der Waals surface area contributed by atoms with Crippen molar-refractivity contribution in [3.05, 3.63) is 82.9 Å². The van der Waals surface area contributed by atoms with Crippen molar-refractivity contribution in [2.75, 3.05) is 0 Å². The number of fused-ring (bicyclic) bond motifs is 3. The third-order valence-corrected chi connectivity index (χ3v) is 4.64. The first-order valence-electron chi connectivity index (χ1n) is 7.51. The summed E-state index contributed by atoms with van der Waals surface area (Å²) in [4.78, 5) is 0. The first-order chi connectivity index (χ1) is 10.2. The second-order valence-corrected chi connectivity index (χ2v) is 6.00. The van der Waals surface area contributed by atoms with E-state index in [1.807, 2.05) is 0 Å². The van der Waals surface area contributed by atoms with Crippen LogP contribution in [0.1, 0.15) is 22.3 Å². The Labute approximate surface area is 126 Å². The predicted octanol–water partition coefficient (Wildman–Crippen LogP) is 5.54. The zero-order valence-corrected chi connectivity index (χ0v) is 12.5. The molecule has 0 spiro atoms. The molecule has 0 radical (unpaired) electrons. The molecule has 0 unspecified atom stereocenters. The molecule has 0 bridgehead atoms. The van der Waals surface area contributed by atoms with Crippen LogP contribution in [0.2, 0.25) is 0 Å². The molecule has 3 aromatic carbocycles. The highest BCUT2D eigenvalue weighted by Crippen LogP contribution is 2.38. The second-order valence-electron chi connectivity index (χ2n) is 6.00. The van der Waals surface area contributed by atoms with Crippen LogP contribution in [0.25, 0.3) is 22.3 Å². The van der Waals surface area contributed by atoms with Crippen molar-refractivity contribution in [3.63, 3.8) is 0 Å². The molecule has 0 heterocycles. The highest BCUT2D eigenvalue weighted by Gasteiger charge is 2.18. The van der Waals surface area contributed by atoms with Crippen LogP contribution in [0.15, 0.2) is 60.7 Å². The number of hydrogen-bond acceptors (Lipinski definition) is 0. The Balaban J connectivity index is 1.86. The van der Waals surface area contributed by atoms with Gasteiger partial charge in [0, 0.05) is 0 Å². The lowest BCUT2D eigenvalue weighted by molar-refractivity contribution is 1.26. The lowest BCUT2D eigenvalue weighted by atomic mass is 9.96. The first-order valence-corrected chi connectivity index (χ1v) is 7.51. The lowest BCUT2D eigenvalue weighted by Gasteiger charge is -2.08. The van der Waals surface area contributed by atoms with Gasteiger partial charge >= 0.3 is 0 Å². The van der Waals surface area contributed by atoms with Gasteiger partial charge in [-0.25, -0.2) is 0 Å². The molecule has 1 aliphatic rings. The smallest absolute Gasteiger partial charge is 0.00134 e. The monoisotopic (exact) mass is 270 g/mol. The van der Waals surface area contributed by atoms with Gasteiger partial charge in [-0.05, 0) is 70.8 Å². The molecule has 0 aromatic heterocycles. The average molecular weight is 270 g/mol. The molecule has 0 saturated heterocycles. The molecular formula is C21H18. The van der Waals surface area contributed by atoms with Crippen LogP contribution in [-0.4, -0.2) is 0 Å². The van der Waals surface area contributed by atoms with E-state index >= 15 is 0 Å². The topological polar surface area (TPSA) is 0 Å². The van der Waals surface area contributed by atoms with E-state index in [4.69, 9.17) is 0 Å². The Hall–Kier alpha value is -2.34. The van der Waals surface area contributed by atoms with Crippen molar-refractivity contribution < 1.29 is 0 Å². The fourth-order valence-corrected chi connectivity index (χ4v) is 3.22. The fourth-order valence-electron chi connectivity index (χ4n) is 3.22. The highest BCUT2D eigenvalue weighted by molar-refractivity contribution is 5.81. The van der Waals surface area contributed by atoms with Crippen LogP contribution in [0.3, 0.4) is 0 Å². The van der Waals surface area contributed by atoms with Gasteiger partial charge in [0.05, 0.1) is 0 Å². The zero-order chi connectivity index (χ0) is 14.4. The van der Waals surface area contributed by atoms with Gasteiger partial charge in [-0.3, -0.25) is 0 Å². The highest BCUT2D eigenvalue weighted by atomic mass is 14.2. The van der Waals surface area contributed by atoms with Crippen molar-refractivity contribution >= 4 is 0 Å². The van der Waals surface area contributed by atoms with Gasteiger partial charge in [-0.1, -0.05) is 54.6 Å². The Morgan fingerprint density at radius 2 is 1.33 bits per heavy atom.